The quantitative estimate of drug-likeness (QED) is 0.645. The summed E-state index contributed by atoms with van der Waals surface area (Å²) in [5.41, 5.74) is 5.98. The molecule has 0 bridgehead atoms. The number of hydrogen-bond acceptors (Lipinski definition) is 4. The molecule has 0 aliphatic carbocycles. The Kier molecular flexibility index (Phi) is 2.90. The maximum atomic E-state index is 10.7. The minimum atomic E-state index is -0.311. The molecular weight excluding hydrogens is 208 g/mol. The zero-order valence-electron chi connectivity index (χ0n) is 8.56. The van der Waals surface area contributed by atoms with Gasteiger partial charge in [0.1, 0.15) is 11.6 Å². The molecule has 4 N–H and O–H groups in total. The van der Waals surface area contributed by atoms with Gasteiger partial charge < -0.3 is 10.5 Å². The molecule has 16 heavy (non-hydrogen) atoms. The molecule has 0 saturated carbocycles. The lowest BCUT2D eigenvalue weighted by Crippen LogP contribution is -2.06. The fourth-order valence-corrected chi connectivity index (χ4v) is 1.29. The number of ether oxygens (including phenoxy) is 1. The highest BCUT2D eigenvalue weighted by Crippen LogP contribution is 2.19. The van der Waals surface area contributed by atoms with Gasteiger partial charge in [-0.2, -0.15) is 5.10 Å². The monoisotopic (exact) mass is 220 g/mol. The van der Waals surface area contributed by atoms with Crippen molar-refractivity contribution in [2.24, 2.45) is 0 Å². The van der Waals surface area contributed by atoms with E-state index in [1.54, 1.807) is 12.1 Å². The van der Waals surface area contributed by atoms with E-state index in [-0.39, 0.29) is 5.69 Å². The van der Waals surface area contributed by atoms with Crippen molar-refractivity contribution in [3.05, 3.63) is 40.6 Å². The van der Waals surface area contributed by atoms with E-state index in [1.807, 2.05) is 12.1 Å². The van der Waals surface area contributed by atoms with Crippen LogP contribution in [-0.4, -0.2) is 21.8 Å². The van der Waals surface area contributed by atoms with Crippen molar-refractivity contribution in [3.63, 3.8) is 0 Å². The topological polar surface area (TPSA) is 96.8 Å². The molecule has 0 unspecified atom stereocenters. The summed E-state index contributed by atoms with van der Waals surface area (Å²) in [6.45, 7) is 0.412. The van der Waals surface area contributed by atoms with Crippen molar-refractivity contribution in [2.45, 2.75) is 6.42 Å². The maximum absolute atomic E-state index is 10.7. The van der Waals surface area contributed by atoms with Crippen LogP contribution in [0.1, 0.15) is 5.82 Å². The van der Waals surface area contributed by atoms with Crippen LogP contribution in [0.25, 0.3) is 0 Å². The molecule has 6 heteroatoms. The summed E-state index contributed by atoms with van der Waals surface area (Å²) in [4.78, 5) is 13.3. The maximum Gasteiger partial charge on any atom is 0.340 e. The van der Waals surface area contributed by atoms with Crippen molar-refractivity contribution in [1.29, 1.82) is 0 Å². The Balaban J connectivity index is 1.89. The lowest BCUT2D eigenvalue weighted by atomic mass is 10.3. The van der Waals surface area contributed by atoms with E-state index in [0.29, 0.717) is 30.3 Å². The molecule has 1 aromatic heterocycles. The minimum Gasteiger partial charge on any atom is -0.491 e. The van der Waals surface area contributed by atoms with Crippen molar-refractivity contribution in [2.75, 3.05) is 12.3 Å². The molecule has 6 nitrogen and oxygen atoms in total. The van der Waals surface area contributed by atoms with Crippen LogP contribution in [0.2, 0.25) is 0 Å². The number of nitrogens with two attached hydrogens (primary N) is 1. The molecule has 1 aromatic carbocycles. The van der Waals surface area contributed by atoms with Crippen LogP contribution < -0.4 is 16.2 Å². The number of nitrogens with one attached hydrogen (secondary N) is 2. The Hall–Kier alpha value is -2.24. The van der Waals surface area contributed by atoms with Crippen molar-refractivity contribution in [1.82, 2.24) is 15.2 Å². The van der Waals surface area contributed by atoms with Crippen LogP contribution in [-0.2, 0) is 6.42 Å². The lowest BCUT2D eigenvalue weighted by molar-refractivity contribution is 0.320. The second-order valence-corrected chi connectivity index (χ2v) is 3.26. The Morgan fingerprint density at radius 1 is 1.38 bits per heavy atom. The summed E-state index contributed by atoms with van der Waals surface area (Å²) in [6, 6.07) is 7.25. The van der Waals surface area contributed by atoms with E-state index in [4.69, 9.17) is 10.5 Å². The summed E-state index contributed by atoms with van der Waals surface area (Å²) in [7, 11) is 0. The van der Waals surface area contributed by atoms with Gasteiger partial charge in [0.25, 0.3) is 0 Å². The molecule has 2 rings (SSSR count). The SMILES string of the molecule is Nc1ccccc1OCCc1n[nH]c(=O)[nH]1. The second kappa shape index (κ2) is 4.52. The lowest BCUT2D eigenvalue weighted by Gasteiger charge is -2.06. The van der Waals surface area contributed by atoms with E-state index in [9.17, 15) is 4.79 Å². The van der Waals surface area contributed by atoms with E-state index in [0.717, 1.165) is 0 Å². The van der Waals surface area contributed by atoms with E-state index in [1.165, 1.54) is 0 Å². The number of para-hydroxylation sites is 2. The molecule has 0 saturated heterocycles. The number of nitrogens with zero attached hydrogens (tertiary/aromatic N) is 1. The van der Waals surface area contributed by atoms with Crippen LogP contribution in [0.15, 0.2) is 29.1 Å². The van der Waals surface area contributed by atoms with Gasteiger partial charge in [-0.15, -0.1) is 0 Å². The van der Waals surface area contributed by atoms with Crippen LogP contribution in [0.4, 0.5) is 5.69 Å². The summed E-state index contributed by atoms with van der Waals surface area (Å²) in [5.74, 6) is 1.21. The van der Waals surface area contributed by atoms with Crippen LogP contribution >= 0.6 is 0 Å². The molecule has 1 heterocycles. The Morgan fingerprint density at radius 2 is 2.19 bits per heavy atom. The summed E-state index contributed by atoms with van der Waals surface area (Å²) < 4.78 is 5.45. The van der Waals surface area contributed by atoms with Crippen molar-refractivity contribution in [3.8, 4) is 5.75 Å². The highest BCUT2D eigenvalue weighted by molar-refractivity contribution is 5.51. The van der Waals surface area contributed by atoms with Gasteiger partial charge in [-0.05, 0) is 12.1 Å². The first-order valence-electron chi connectivity index (χ1n) is 4.86. The van der Waals surface area contributed by atoms with Gasteiger partial charge >= 0.3 is 5.69 Å². The number of nitrogen functional groups attached to an aromatic ring is 1. The van der Waals surface area contributed by atoms with Gasteiger partial charge in [-0.3, -0.25) is 4.98 Å². The molecule has 0 spiro atoms. The summed E-state index contributed by atoms with van der Waals surface area (Å²) >= 11 is 0. The fourth-order valence-electron chi connectivity index (χ4n) is 1.29. The first-order chi connectivity index (χ1) is 7.75. The number of H-pyrrole nitrogens is 2. The number of anilines is 1. The standard InChI is InChI=1S/C10H12N4O2/c11-7-3-1-2-4-8(7)16-6-5-9-12-10(15)14-13-9/h1-4H,5-6,11H2,(H2,12,13,14,15). The Bertz CT molecular complexity index is 517. The van der Waals surface area contributed by atoms with Gasteiger partial charge in [0.2, 0.25) is 0 Å². The third kappa shape index (κ3) is 2.41. The largest absolute Gasteiger partial charge is 0.491 e. The van der Waals surface area contributed by atoms with Crippen LogP contribution in [0, 0.1) is 0 Å². The van der Waals surface area contributed by atoms with Gasteiger partial charge in [0.05, 0.1) is 12.3 Å². The zero-order valence-corrected chi connectivity index (χ0v) is 8.56. The van der Waals surface area contributed by atoms with E-state index < -0.39 is 0 Å². The molecule has 0 radical (unpaired) electrons. The van der Waals surface area contributed by atoms with Crippen molar-refractivity contribution < 1.29 is 4.74 Å². The zero-order chi connectivity index (χ0) is 11.4. The molecular formula is C10H12N4O2. The minimum absolute atomic E-state index is 0.311. The Labute approximate surface area is 91.5 Å². The molecule has 0 aliphatic heterocycles. The Morgan fingerprint density at radius 3 is 2.88 bits per heavy atom. The number of benzene rings is 1. The number of rotatable bonds is 4. The normalized spacial score (nSPS) is 10.2. The smallest absolute Gasteiger partial charge is 0.340 e. The first kappa shape index (κ1) is 10.3. The molecule has 0 atom stereocenters. The number of aromatic amines is 2. The molecule has 0 aliphatic rings. The highest BCUT2D eigenvalue weighted by atomic mass is 16.5. The summed E-state index contributed by atoms with van der Waals surface area (Å²) in [5, 5.41) is 6.05. The molecule has 0 fully saturated rings. The van der Waals surface area contributed by atoms with Gasteiger partial charge in [0, 0.05) is 6.42 Å². The third-order valence-electron chi connectivity index (χ3n) is 2.07. The molecule has 2 aromatic rings. The average Bonchev–Trinajstić information content (AvgIpc) is 2.67. The third-order valence-corrected chi connectivity index (χ3v) is 2.07. The van der Waals surface area contributed by atoms with Crippen LogP contribution in [0.3, 0.4) is 0 Å². The number of aromatic nitrogens is 3. The number of hydrogen-bond donors (Lipinski definition) is 3. The van der Waals surface area contributed by atoms with Gasteiger partial charge in [0.15, 0.2) is 0 Å². The molecule has 0 amide bonds. The van der Waals surface area contributed by atoms with Gasteiger partial charge in [-0.25, -0.2) is 9.89 Å². The van der Waals surface area contributed by atoms with Gasteiger partial charge in [-0.1, -0.05) is 12.1 Å². The summed E-state index contributed by atoms with van der Waals surface area (Å²) in [6.07, 6.45) is 0.521. The van der Waals surface area contributed by atoms with Crippen molar-refractivity contribution >= 4 is 5.69 Å². The van der Waals surface area contributed by atoms with E-state index in [2.05, 4.69) is 15.2 Å². The predicted octanol–water partition coefficient (Wildman–Crippen LogP) is 0.302. The van der Waals surface area contributed by atoms with Crippen LogP contribution in [0.5, 0.6) is 5.75 Å². The van der Waals surface area contributed by atoms with E-state index >= 15 is 0 Å². The molecule has 84 valence electrons. The fraction of sp³-hybridized carbons (Fsp3) is 0.200. The first-order valence-corrected chi connectivity index (χ1v) is 4.86. The average molecular weight is 220 g/mol. The second-order valence-electron chi connectivity index (χ2n) is 3.26. The highest BCUT2D eigenvalue weighted by Gasteiger charge is 2.01. The predicted molar refractivity (Wildman–Crippen MR) is 59.3 cm³/mol.